The maximum Gasteiger partial charge on any atom is 0.373 e. The first-order valence-corrected chi connectivity index (χ1v) is 6.76. The van der Waals surface area contributed by atoms with Gasteiger partial charge in [0.25, 0.3) is 0 Å². The molecule has 0 aliphatic heterocycles. The summed E-state index contributed by atoms with van der Waals surface area (Å²) in [5.41, 5.74) is 0.976. The average Bonchev–Trinajstić information content (AvgIpc) is 2.77. The van der Waals surface area contributed by atoms with Gasteiger partial charge in [-0.05, 0) is 24.1 Å². The number of hydrogen-bond donors (Lipinski definition) is 1. The topological polar surface area (TPSA) is 63.3 Å². The minimum Gasteiger partial charge on any atom is -0.475 e. The average molecular weight is 345 g/mol. The van der Waals surface area contributed by atoms with Gasteiger partial charge in [0.1, 0.15) is 0 Å². The second kappa shape index (κ2) is 5.35. The third-order valence-electron chi connectivity index (χ3n) is 2.55. The van der Waals surface area contributed by atoms with Crippen LogP contribution in [0.5, 0.6) is 0 Å². The standard InChI is InChI=1S/C13H11BrClNO3/c1-6(2)10-11(13(17)18)19-12(16-10)8-5-7(14)3-4-9(8)15/h3-6H,1-2H3,(H,17,18). The lowest BCUT2D eigenvalue weighted by molar-refractivity contribution is 0.0661. The molecule has 0 aliphatic carbocycles. The van der Waals surface area contributed by atoms with Gasteiger partial charge in [-0.15, -0.1) is 0 Å². The number of halogens is 2. The highest BCUT2D eigenvalue weighted by Gasteiger charge is 2.23. The van der Waals surface area contributed by atoms with Crippen LogP contribution in [-0.4, -0.2) is 16.1 Å². The lowest BCUT2D eigenvalue weighted by Gasteiger charge is -2.00. The van der Waals surface area contributed by atoms with Crippen LogP contribution >= 0.6 is 27.5 Å². The first kappa shape index (κ1) is 14.1. The molecule has 0 aliphatic rings. The molecular weight excluding hydrogens is 334 g/mol. The predicted molar refractivity (Wildman–Crippen MR) is 75.7 cm³/mol. The van der Waals surface area contributed by atoms with Crippen molar-refractivity contribution in [3.8, 4) is 11.5 Å². The molecule has 0 atom stereocenters. The van der Waals surface area contributed by atoms with E-state index in [1.807, 2.05) is 13.8 Å². The fraction of sp³-hybridized carbons (Fsp3) is 0.231. The van der Waals surface area contributed by atoms with Gasteiger partial charge in [0, 0.05) is 4.47 Å². The molecule has 0 saturated heterocycles. The third-order valence-corrected chi connectivity index (χ3v) is 3.38. The van der Waals surface area contributed by atoms with Crippen molar-refractivity contribution < 1.29 is 14.3 Å². The lowest BCUT2D eigenvalue weighted by Crippen LogP contribution is -2.01. The van der Waals surface area contributed by atoms with Gasteiger partial charge in [-0.2, -0.15) is 0 Å². The number of benzene rings is 1. The SMILES string of the molecule is CC(C)c1nc(-c2cc(Br)ccc2Cl)oc1C(=O)O. The number of aromatic carboxylic acids is 1. The Kier molecular flexibility index (Phi) is 3.96. The van der Waals surface area contributed by atoms with Crippen molar-refractivity contribution in [1.29, 1.82) is 0 Å². The molecule has 4 nitrogen and oxygen atoms in total. The number of oxazole rings is 1. The minimum atomic E-state index is -1.13. The molecule has 2 rings (SSSR count). The Morgan fingerprint density at radius 3 is 2.68 bits per heavy atom. The van der Waals surface area contributed by atoms with Crippen molar-refractivity contribution in [3.63, 3.8) is 0 Å². The maximum absolute atomic E-state index is 11.1. The van der Waals surface area contributed by atoms with Gasteiger partial charge in [0.15, 0.2) is 0 Å². The summed E-state index contributed by atoms with van der Waals surface area (Å²) in [6.45, 7) is 3.72. The van der Waals surface area contributed by atoms with E-state index in [9.17, 15) is 4.79 Å². The van der Waals surface area contributed by atoms with E-state index >= 15 is 0 Å². The number of carbonyl (C=O) groups is 1. The minimum absolute atomic E-state index is 0.0467. The lowest BCUT2D eigenvalue weighted by atomic mass is 10.1. The van der Waals surface area contributed by atoms with Crippen LogP contribution in [0.2, 0.25) is 5.02 Å². The van der Waals surface area contributed by atoms with Gasteiger partial charge in [-0.3, -0.25) is 0 Å². The van der Waals surface area contributed by atoms with Gasteiger partial charge in [-0.1, -0.05) is 41.4 Å². The highest BCUT2D eigenvalue weighted by atomic mass is 79.9. The van der Waals surface area contributed by atoms with E-state index in [1.165, 1.54) is 0 Å². The largest absolute Gasteiger partial charge is 0.475 e. The molecule has 0 fully saturated rings. The number of aromatic nitrogens is 1. The molecule has 0 spiro atoms. The summed E-state index contributed by atoms with van der Waals surface area (Å²) >= 11 is 9.42. The fourth-order valence-corrected chi connectivity index (χ4v) is 2.21. The Bertz CT molecular complexity index is 637. The second-order valence-electron chi connectivity index (χ2n) is 4.32. The van der Waals surface area contributed by atoms with E-state index in [2.05, 4.69) is 20.9 Å². The monoisotopic (exact) mass is 343 g/mol. The Balaban J connectivity index is 2.60. The van der Waals surface area contributed by atoms with Crippen LogP contribution in [0, 0.1) is 0 Å². The molecule has 0 radical (unpaired) electrons. The number of carboxylic acids is 1. The van der Waals surface area contributed by atoms with E-state index in [0.717, 1.165) is 4.47 Å². The quantitative estimate of drug-likeness (QED) is 0.885. The van der Waals surface area contributed by atoms with E-state index in [1.54, 1.807) is 18.2 Å². The van der Waals surface area contributed by atoms with Crippen molar-refractivity contribution in [2.75, 3.05) is 0 Å². The van der Waals surface area contributed by atoms with Crippen LogP contribution in [0.1, 0.15) is 36.0 Å². The Hall–Kier alpha value is -1.33. The fourth-order valence-electron chi connectivity index (χ4n) is 1.65. The van der Waals surface area contributed by atoms with Crippen LogP contribution in [0.25, 0.3) is 11.5 Å². The zero-order chi connectivity index (χ0) is 14.2. The molecule has 19 heavy (non-hydrogen) atoms. The van der Waals surface area contributed by atoms with E-state index in [-0.39, 0.29) is 17.6 Å². The van der Waals surface area contributed by atoms with Gasteiger partial charge in [-0.25, -0.2) is 9.78 Å². The van der Waals surface area contributed by atoms with Gasteiger partial charge >= 0.3 is 5.97 Å². The normalized spacial score (nSPS) is 11.0. The number of rotatable bonds is 3. The molecule has 0 amide bonds. The smallest absolute Gasteiger partial charge is 0.373 e. The first-order chi connectivity index (χ1) is 8.90. The number of hydrogen-bond acceptors (Lipinski definition) is 3. The first-order valence-electron chi connectivity index (χ1n) is 5.59. The van der Waals surface area contributed by atoms with Crippen molar-refractivity contribution in [2.24, 2.45) is 0 Å². The molecule has 1 N–H and O–H groups in total. The van der Waals surface area contributed by atoms with Crippen LogP contribution in [0.4, 0.5) is 0 Å². The van der Waals surface area contributed by atoms with Gasteiger partial charge in [0.2, 0.25) is 11.7 Å². The molecule has 0 saturated carbocycles. The Labute approximate surface area is 123 Å². The molecule has 1 aromatic carbocycles. The molecule has 0 unspecified atom stereocenters. The number of nitrogens with zero attached hydrogens (tertiary/aromatic N) is 1. The summed E-state index contributed by atoms with van der Waals surface area (Å²) in [5, 5.41) is 9.58. The summed E-state index contributed by atoms with van der Waals surface area (Å²) in [7, 11) is 0. The highest BCUT2D eigenvalue weighted by molar-refractivity contribution is 9.10. The molecule has 2 aromatic rings. The van der Waals surface area contributed by atoms with Crippen LogP contribution in [0.15, 0.2) is 27.1 Å². The molecule has 6 heteroatoms. The zero-order valence-corrected chi connectivity index (χ0v) is 12.6. The molecule has 0 bridgehead atoms. The van der Waals surface area contributed by atoms with Crippen LogP contribution < -0.4 is 0 Å². The van der Waals surface area contributed by atoms with Crippen molar-refractivity contribution in [1.82, 2.24) is 4.98 Å². The maximum atomic E-state index is 11.1. The summed E-state index contributed by atoms with van der Waals surface area (Å²) in [6, 6.07) is 5.22. The molecule has 100 valence electrons. The predicted octanol–water partition coefficient (Wildman–Crippen LogP) is 4.58. The molecule has 1 aromatic heterocycles. The highest BCUT2D eigenvalue weighted by Crippen LogP contribution is 2.33. The van der Waals surface area contributed by atoms with Gasteiger partial charge < -0.3 is 9.52 Å². The Morgan fingerprint density at radius 2 is 2.16 bits per heavy atom. The summed E-state index contributed by atoms with van der Waals surface area (Å²) in [6.07, 6.45) is 0. The van der Waals surface area contributed by atoms with E-state index in [4.69, 9.17) is 21.1 Å². The molecule has 1 heterocycles. The van der Waals surface area contributed by atoms with Crippen LogP contribution in [-0.2, 0) is 0 Å². The zero-order valence-electron chi connectivity index (χ0n) is 10.3. The second-order valence-corrected chi connectivity index (χ2v) is 5.64. The van der Waals surface area contributed by atoms with E-state index < -0.39 is 5.97 Å². The summed E-state index contributed by atoms with van der Waals surface area (Å²) in [5.74, 6) is -1.10. The third kappa shape index (κ3) is 2.82. The molecular formula is C13H11BrClNO3. The van der Waals surface area contributed by atoms with Crippen molar-refractivity contribution in [2.45, 2.75) is 19.8 Å². The van der Waals surface area contributed by atoms with Gasteiger partial charge in [0.05, 0.1) is 16.3 Å². The van der Waals surface area contributed by atoms with E-state index in [0.29, 0.717) is 16.3 Å². The van der Waals surface area contributed by atoms with Crippen LogP contribution in [0.3, 0.4) is 0 Å². The summed E-state index contributed by atoms with van der Waals surface area (Å²) in [4.78, 5) is 15.4. The Morgan fingerprint density at radius 1 is 1.47 bits per heavy atom. The summed E-state index contributed by atoms with van der Waals surface area (Å²) < 4.78 is 6.16. The van der Waals surface area contributed by atoms with Crippen molar-refractivity contribution in [3.05, 3.63) is 39.1 Å². The van der Waals surface area contributed by atoms with Crippen molar-refractivity contribution >= 4 is 33.5 Å². The number of carboxylic acid groups (broad SMARTS) is 1.